The molecule has 4 unspecified atom stereocenters. The van der Waals surface area contributed by atoms with E-state index in [1.807, 2.05) is 0 Å². The Bertz CT molecular complexity index is 780. The summed E-state index contributed by atoms with van der Waals surface area (Å²) in [5.74, 6) is 3.71. The molecule has 186 valence electrons. The van der Waals surface area contributed by atoms with Gasteiger partial charge in [-0.3, -0.25) is 19.6 Å². The van der Waals surface area contributed by atoms with Crippen LogP contribution in [0, 0.1) is 35.5 Å². The Morgan fingerprint density at radius 2 is 0.882 bits per heavy atom. The Morgan fingerprint density at radius 1 is 0.500 bits per heavy atom. The molecule has 4 fully saturated rings. The van der Waals surface area contributed by atoms with Crippen LogP contribution in [0.4, 0.5) is 0 Å². The minimum Gasteiger partial charge on any atom is -0.411 e. The number of cyclic esters (lactones) is 2. The van der Waals surface area contributed by atoms with Gasteiger partial charge in [0.05, 0.1) is 23.9 Å². The lowest BCUT2D eigenvalue weighted by Gasteiger charge is -2.40. The molecule has 4 saturated carbocycles. The maximum Gasteiger partial charge on any atom is 0.317 e. The van der Waals surface area contributed by atoms with Gasteiger partial charge in [-0.2, -0.15) is 0 Å². The second-order valence-electron chi connectivity index (χ2n) is 11.9. The fraction of sp³-hybridized carbons (Fsp3) is 0.857. The molecule has 0 spiro atoms. The number of ether oxygens (including phenoxy) is 2. The first-order chi connectivity index (χ1) is 16.7. The summed E-state index contributed by atoms with van der Waals surface area (Å²) in [6.07, 6.45) is 17.9. The average Bonchev–Trinajstić information content (AvgIpc) is 2.89. The number of hydrogen-bond acceptors (Lipinski definition) is 6. The molecule has 2 heterocycles. The Hall–Kier alpha value is -1.72. The normalized spacial score (nSPS) is 42.9. The van der Waals surface area contributed by atoms with Crippen molar-refractivity contribution in [2.45, 2.75) is 115 Å². The topological polar surface area (TPSA) is 77.3 Å². The number of hydrogen-bond donors (Lipinski definition) is 0. The summed E-state index contributed by atoms with van der Waals surface area (Å²) in [4.78, 5) is 34.9. The highest BCUT2D eigenvalue weighted by molar-refractivity contribution is 5.94. The van der Waals surface area contributed by atoms with Crippen LogP contribution in [-0.2, 0) is 19.1 Å². The van der Waals surface area contributed by atoms with E-state index in [-0.39, 0.29) is 35.9 Å². The van der Waals surface area contributed by atoms with Gasteiger partial charge in [-0.15, -0.1) is 0 Å². The van der Waals surface area contributed by atoms with Crippen LogP contribution >= 0.6 is 0 Å². The maximum atomic E-state index is 12.5. The number of esters is 2. The average molecular weight is 469 g/mol. The maximum absolute atomic E-state index is 12.5. The zero-order valence-electron chi connectivity index (χ0n) is 20.5. The summed E-state index contributed by atoms with van der Waals surface area (Å²) in [7, 11) is 0. The van der Waals surface area contributed by atoms with Crippen LogP contribution in [0.3, 0.4) is 0 Å². The summed E-state index contributed by atoms with van der Waals surface area (Å²) < 4.78 is 11.5. The van der Waals surface area contributed by atoms with Crippen molar-refractivity contribution < 1.29 is 19.1 Å². The molecule has 4 atom stereocenters. The van der Waals surface area contributed by atoms with Crippen molar-refractivity contribution in [1.29, 1.82) is 0 Å². The molecule has 0 aromatic carbocycles. The Morgan fingerprint density at radius 3 is 1.29 bits per heavy atom. The predicted octanol–water partition coefficient (Wildman–Crippen LogP) is 5.63. The lowest BCUT2D eigenvalue weighted by atomic mass is 9.69. The van der Waals surface area contributed by atoms with Gasteiger partial charge < -0.3 is 9.47 Å². The number of fused-ring (bicyclic) bond motifs is 2. The van der Waals surface area contributed by atoms with E-state index < -0.39 is 0 Å². The van der Waals surface area contributed by atoms with Crippen LogP contribution in [0.25, 0.3) is 0 Å². The van der Waals surface area contributed by atoms with Crippen LogP contribution in [0.5, 0.6) is 0 Å². The smallest absolute Gasteiger partial charge is 0.317 e. The molecule has 6 nitrogen and oxygen atoms in total. The number of carbonyl (C=O) groups is 2. The third-order valence-electron chi connectivity index (χ3n) is 9.97. The van der Waals surface area contributed by atoms with E-state index in [0.717, 1.165) is 87.8 Å². The van der Waals surface area contributed by atoms with Gasteiger partial charge in [0, 0.05) is 11.8 Å². The monoisotopic (exact) mass is 468 g/mol. The van der Waals surface area contributed by atoms with Crippen molar-refractivity contribution >= 4 is 23.7 Å². The Kier molecular flexibility index (Phi) is 6.51. The number of rotatable bonds is 3. The quantitative estimate of drug-likeness (QED) is 0.503. The van der Waals surface area contributed by atoms with E-state index in [9.17, 15) is 9.59 Å². The van der Waals surface area contributed by atoms with E-state index in [0.29, 0.717) is 11.8 Å². The summed E-state index contributed by atoms with van der Waals surface area (Å²) in [5.41, 5.74) is 0. The van der Waals surface area contributed by atoms with Gasteiger partial charge in [-0.25, -0.2) is 0 Å². The first kappa shape index (κ1) is 22.7. The number of aliphatic imine (C=N–C) groups is 2. The molecule has 6 rings (SSSR count). The van der Waals surface area contributed by atoms with E-state index in [1.54, 1.807) is 0 Å². The molecule has 0 aromatic heterocycles. The number of carbonyl (C=O) groups excluding carboxylic acids is 2. The van der Waals surface area contributed by atoms with Crippen molar-refractivity contribution in [3.05, 3.63) is 0 Å². The molecule has 34 heavy (non-hydrogen) atoms. The molecule has 0 amide bonds. The second-order valence-corrected chi connectivity index (χ2v) is 11.9. The first-order valence-corrected chi connectivity index (χ1v) is 14.2. The lowest BCUT2D eigenvalue weighted by molar-refractivity contribution is -0.144. The first-order valence-electron chi connectivity index (χ1n) is 14.2. The number of nitrogens with zero attached hydrogens (tertiary/aromatic N) is 2. The molecular weight excluding hydrogens is 428 g/mol. The van der Waals surface area contributed by atoms with Crippen LogP contribution in [0.1, 0.15) is 103 Å². The molecule has 6 aliphatic rings. The van der Waals surface area contributed by atoms with Gasteiger partial charge in [0.15, 0.2) is 11.8 Å². The zero-order chi connectivity index (χ0) is 23.1. The molecule has 2 aliphatic heterocycles. The predicted molar refractivity (Wildman–Crippen MR) is 129 cm³/mol. The van der Waals surface area contributed by atoms with E-state index >= 15 is 0 Å². The van der Waals surface area contributed by atoms with Gasteiger partial charge in [0.1, 0.15) is 0 Å². The van der Waals surface area contributed by atoms with E-state index in [4.69, 9.17) is 19.5 Å². The molecule has 0 N–H and O–H groups in total. The fourth-order valence-corrected chi connectivity index (χ4v) is 7.87. The van der Waals surface area contributed by atoms with Crippen molar-refractivity contribution in [3.63, 3.8) is 0 Å². The van der Waals surface area contributed by atoms with Crippen LogP contribution in [-0.4, -0.2) is 35.8 Å². The van der Waals surface area contributed by atoms with Gasteiger partial charge in [-0.1, -0.05) is 25.7 Å². The molecule has 0 aromatic rings. The Balaban J connectivity index is 1.01. The van der Waals surface area contributed by atoms with Gasteiger partial charge in [-0.05, 0) is 88.9 Å². The highest BCUT2D eigenvalue weighted by Gasteiger charge is 2.42. The second kappa shape index (κ2) is 9.73. The summed E-state index contributed by atoms with van der Waals surface area (Å²) in [6, 6.07) is 0.359. The van der Waals surface area contributed by atoms with Crippen LogP contribution in [0.2, 0.25) is 0 Å². The van der Waals surface area contributed by atoms with Crippen molar-refractivity contribution in [1.82, 2.24) is 0 Å². The molecule has 6 heteroatoms. The van der Waals surface area contributed by atoms with Gasteiger partial charge in [0.2, 0.25) is 0 Å². The molecule has 0 saturated heterocycles. The van der Waals surface area contributed by atoms with Gasteiger partial charge >= 0.3 is 11.9 Å². The molecule has 0 bridgehead atoms. The highest BCUT2D eigenvalue weighted by atomic mass is 16.5. The van der Waals surface area contributed by atoms with Crippen molar-refractivity contribution in [2.75, 3.05) is 0 Å². The molecular formula is C28H40N2O4. The highest BCUT2D eigenvalue weighted by Crippen LogP contribution is 2.44. The summed E-state index contributed by atoms with van der Waals surface area (Å²) in [6.45, 7) is 0. The van der Waals surface area contributed by atoms with Crippen LogP contribution < -0.4 is 0 Å². The van der Waals surface area contributed by atoms with Crippen molar-refractivity contribution in [3.8, 4) is 0 Å². The molecule has 4 aliphatic carbocycles. The van der Waals surface area contributed by atoms with E-state index in [1.165, 1.54) is 38.5 Å². The standard InChI is InChI=1S/C28H40N2O4/c31-27-21-5-1-3-7-23(21)29-25(33-27)19-13-9-17(10-14-19)18-11-15-20(16-12-18)26-30-24-8-4-2-6-22(24)28(32)34-26/h17-24H,1-16H2. The zero-order valence-corrected chi connectivity index (χ0v) is 20.5. The summed E-state index contributed by atoms with van der Waals surface area (Å²) in [5, 5.41) is 0. The Labute approximate surface area is 203 Å². The SMILES string of the molecule is O=C1OC(C2CCC(C3CCC(C4=NC5CCCCC5C(=O)O4)CC3)CC2)=NC2CCCCC12. The minimum atomic E-state index is -0.0129. The molecule has 0 radical (unpaired) electrons. The third kappa shape index (κ3) is 4.46. The largest absolute Gasteiger partial charge is 0.411 e. The van der Waals surface area contributed by atoms with Crippen molar-refractivity contribution in [2.24, 2.45) is 45.5 Å². The lowest BCUT2D eigenvalue weighted by Crippen LogP contribution is -2.42. The van der Waals surface area contributed by atoms with Crippen LogP contribution in [0.15, 0.2) is 9.98 Å². The van der Waals surface area contributed by atoms with E-state index in [2.05, 4.69) is 0 Å². The minimum absolute atomic E-state index is 0.0129. The van der Waals surface area contributed by atoms with Gasteiger partial charge in [0.25, 0.3) is 0 Å². The third-order valence-corrected chi connectivity index (χ3v) is 9.97. The summed E-state index contributed by atoms with van der Waals surface area (Å²) >= 11 is 0. The fourth-order valence-electron chi connectivity index (χ4n) is 7.87.